The van der Waals surface area contributed by atoms with E-state index in [1.54, 1.807) is 49.6 Å². The summed E-state index contributed by atoms with van der Waals surface area (Å²) in [6.07, 6.45) is 2.34. The summed E-state index contributed by atoms with van der Waals surface area (Å²) in [5, 5.41) is 6.12. The molecule has 7 heteroatoms. The van der Waals surface area contributed by atoms with Gasteiger partial charge in [-0.15, -0.1) is 0 Å². The first kappa shape index (κ1) is 18.9. The lowest BCUT2D eigenvalue weighted by atomic mass is 10.1. The van der Waals surface area contributed by atoms with Crippen molar-refractivity contribution in [3.8, 4) is 5.75 Å². The summed E-state index contributed by atoms with van der Waals surface area (Å²) in [5.74, 6) is 0.0175. The van der Waals surface area contributed by atoms with E-state index in [0.717, 1.165) is 12.0 Å². The number of methoxy groups -OCH3 is 1. The van der Waals surface area contributed by atoms with E-state index in [1.165, 1.54) is 0 Å². The third-order valence-corrected chi connectivity index (χ3v) is 4.13. The lowest BCUT2D eigenvalue weighted by molar-refractivity contribution is -0.115. The number of hydrogen-bond donors (Lipinski definition) is 2. The molecule has 1 aliphatic heterocycles. The third kappa shape index (κ3) is 4.87. The van der Waals surface area contributed by atoms with Gasteiger partial charge in [-0.2, -0.15) is 0 Å². The quantitative estimate of drug-likeness (QED) is 0.588. The second-order valence-corrected chi connectivity index (χ2v) is 6.37. The molecular formula is C20H19ClN2O4. The van der Waals surface area contributed by atoms with Crippen LogP contribution in [0.25, 0.3) is 6.08 Å². The largest absolute Gasteiger partial charge is 0.449 e. The van der Waals surface area contributed by atoms with Gasteiger partial charge in [0.2, 0.25) is 0 Å². The van der Waals surface area contributed by atoms with Crippen LogP contribution in [0.5, 0.6) is 5.75 Å². The number of carbonyl (C=O) groups is 2. The molecule has 2 N–H and O–H groups in total. The second kappa shape index (κ2) is 8.70. The number of ether oxygens (including phenoxy) is 2. The Hall–Kier alpha value is -2.83. The maximum atomic E-state index is 12.3. The molecule has 0 spiro atoms. The van der Waals surface area contributed by atoms with Crippen molar-refractivity contribution in [2.24, 2.45) is 0 Å². The molecule has 0 atom stereocenters. The van der Waals surface area contributed by atoms with Crippen LogP contribution >= 0.6 is 11.6 Å². The average molecular weight is 387 g/mol. The molecule has 2 amide bonds. The number of fused-ring (bicyclic) bond motifs is 1. The number of nitrogens with one attached hydrogen (secondary N) is 2. The maximum Gasteiger partial charge on any atom is 0.291 e. The Balaban J connectivity index is 1.73. The number of benzene rings is 2. The minimum absolute atomic E-state index is 0.154. The summed E-state index contributed by atoms with van der Waals surface area (Å²) >= 11 is 5.97. The van der Waals surface area contributed by atoms with Crippen molar-refractivity contribution in [2.45, 2.75) is 6.42 Å². The number of hydrogen-bond acceptors (Lipinski definition) is 4. The van der Waals surface area contributed by atoms with Crippen molar-refractivity contribution >= 4 is 35.2 Å². The van der Waals surface area contributed by atoms with Crippen LogP contribution in [-0.4, -0.2) is 32.1 Å². The minimum Gasteiger partial charge on any atom is -0.449 e. The zero-order chi connectivity index (χ0) is 19.2. The van der Waals surface area contributed by atoms with Gasteiger partial charge in [0, 0.05) is 30.8 Å². The first-order valence-electron chi connectivity index (χ1n) is 8.44. The number of anilines is 1. The molecule has 27 heavy (non-hydrogen) atoms. The zero-order valence-electron chi connectivity index (χ0n) is 14.8. The predicted molar refractivity (Wildman–Crippen MR) is 104 cm³/mol. The number of rotatable bonds is 6. The van der Waals surface area contributed by atoms with Gasteiger partial charge in [-0.05, 0) is 48.4 Å². The fraction of sp³-hybridized carbons (Fsp3) is 0.200. The SMILES string of the molecule is COCCCNC(=O)c1ccc2c(c1)NC(=O)C(=Cc1cccc(Cl)c1)O2. The lowest BCUT2D eigenvalue weighted by Gasteiger charge is -2.20. The van der Waals surface area contributed by atoms with E-state index < -0.39 is 0 Å². The van der Waals surface area contributed by atoms with Crippen molar-refractivity contribution < 1.29 is 19.1 Å². The topological polar surface area (TPSA) is 76.7 Å². The van der Waals surface area contributed by atoms with Crippen LogP contribution in [0.15, 0.2) is 48.2 Å². The van der Waals surface area contributed by atoms with Gasteiger partial charge in [-0.25, -0.2) is 0 Å². The Bertz CT molecular complexity index is 895. The van der Waals surface area contributed by atoms with Crippen LogP contribution < -0.4 is 15.4 Å². The molecule has 0 saturated carbocycles. The standard InChI is InChI=1S/C20H19ClN2O4/c1-26-9-3-8-22-19(24)14-6-7-17-16(12-14)23-20(25)18(27-17)11-13-4-2-5-15(21)10-13/h2,4-7,10-12H,3,8-9H2,1H3,(H,22,24)(H,23,25). The van der Waals surface area contributed by atoms with Crippen molar-refractivity contribution in [3.63, 3.8) is 0 Å². The van der Waals surface area contributed by atoms with Gasteiger partial charge in [-0.3, -0.25) is 9.59 Å². The maximum absolute atomic E-state index is 12.3. The van der Waals surface area contributed by atoms with Crippen LogP contribution in [0.3, 0.4) is 0 Å². The smallest absolute Gasteiger partial charge is 0.291 e. The van der Waals surface area contributed by atoms with E-state index in [2.05, 4.69) is 10.6 Å². The molecule has 0 fully saturated rings. The van der Waals surface area contributed by atoms with E-state index in [1.807, 2.05) is 6.07 Å². The molecule has 0 bridgehead atoms. The lowest BCUT2D eigenvalue weighted by Crippen LogP contribution is -2.27. The molecule has 0 aliphatic carbocycles. The molecule has 1 aliphatic rings. The van der Waals surface area contributed by atoms with E-state index >= 15 is 0 Å². The van der Waals surface area contributed by atoms with Gasteiger partial charge < -0.3 is 20.1 Å². The van der Waals surface area contributed by atoms with Crippen LogP contribution in [0.1, 0.15) is 22.3 Å². The van der Waals surface area contributed by atoms with E-state index in [-0.39, 0.29) is 17.6 Å². The molecule has 140 valence electrons. The number of amides is 2. The highest BCUT2D eigenvalue weighted by atomic mass is 35.5. The molecule has 2 aromatic carbocycles. The van der Waals surface area contributed by atoms with Gasteiger partial charge >= 0.3 is 0 Å². The summed E-state index contributed by atoms with van der Waals surface area (Å²) in [5.41, 5.74) is 1.65. The average Bonchev–Trinajstić information content (AvgIpc) is 2.65. The zero-order valence-corrected chi connectivity index (χ0v) is 15.5. The van der Waals surface area contributed by atoms with Crippen molar-refractivity contribution in [2.75, 3.05) is 25.6 Å². The molecule has 1 heterocycles. The highest BCUT2D eigenvalue weighted by Crippen LogP contribution is 2.32. The highest BCUT2D eigenvalue weighted by Gasteiger charge is 2.23. The normalized spacial score (nSPS) is 14.3. The number of halogens is 1. The second-order valence-electron chi connectivity index (χ2n) is 5.93. The first-order chi connectivity index (χ1) is 13.1. The summed E-state index contributed by atoms with van der Waals surface area (Å²) in [6, 6.07) is 12.0. The summed E-state index contributed by atoms with van der Waals surface area (Å²) in [7, 11) is 1.61. The van der Waals surface area contributed by atoms with Gasteiger partial charge in [0.05, 0.1) is 5.69 Å². The molecule has 0 unspecified atom stereocenters. The summed E-state index contributed by atoms with van der Waals surface area (Å²) in [6.45, 7) is 1.09. The first-order valence-corrected chi connectivity index (χ1v) is 8.82. The van der Waals surface area contributed by atoms with Gasteiger partial charge in [0.15, 0.2) is 11.5 Å². The molecule has 0 saturated heterocycles. The van der Waals surface area contributed by atoms with Crippen molar-refractivity contribution in [1.29, 1.82) is 0 Å². The van der Waals surface area contributed by atoms with Crippen molar-refractivity contribution in [3.05, 3.63) is 64.4 Å². The van der Waals surface area contributed by atoms with Gasteiger partial charge in [0.1, 0.15) is 0 Å². The van der Waals surface area contributed by atoms with Crippen LogP contribution in [0.4, 0.5) is 5.69 Å². The molecule has 0 radical (unpaired) electrons. The Kier molecular flexibility index (Phi) is 6.11. The Morgan fingerprint density at radius 3 is 2.93 bits per heavy atom. The van der Waals surface area contributed by atoms with E-state index in [4.69, 9.17) is 21.1 Å². The number of carbonyl (C=O) groups excluding carboxylic acids is 2. The van der Waals surface area contributed by atoms with Crippen molar-refractivity contribution in [1.82, 2.24) is 5.32 Å². The monoisotopic (exact) mass is 386 g/mol. The minimum atomic E-state index is -0.389. The van der Waals surface area contributed by atoms with Crippen LogP contribution in [0.2, 0.25) is 5.02 Å². The van der Waals surface area contributed by atoms with Crippen LogP contribution in [-0.2, 0) is 9.53 Å². The van der Waals surface area contributed by atoms with E-state index in [9.17, 15) is 9.59 Å². The van der Waals surface area contributed by atoms with Crippen LogP contribution in [0, 0.1) is 0 Å². The fourth-order valence-electron chi connectivity index (χ4n) is 2.57. The van der Waals surface area contributed by atoms with E-state index in [0.29, 0.717) is 35.2 Å². The third-order valence-electron chi connectivity index (χ3n) is 3.89. The van der Waals surface area contributed by atoms with Gasteiger partial charge in [-0.1, -0.05) is 23.7 Å². The Labute approximate surface area is 162 Å². The Morgan fingerprint density at radius 2 is 2.15 bits per heavy atom. The predicted octanol–water partition coefficient (Wildman–Crippen LogP) is 3.48. The fourth-order valence-corrected chi connectivity index (χ4v) is 2.77. The molecule has 0 aromatic heterocycles. The Morgan fingerprint density at radius 1 is 1.30 bits per heavy atom. The summed E-state index contributed by atoms with van der Waals surface area (Å²) < 4.78 is 10.6. The molecule has 3 rings (SSSR count). The molecule has 2 aromatic rings. The molecule has 6 nitrogen and oxygen atoms in total. The van der Waals surface area contributed by atoms with Gasteiger partial charge in [0.25, 0.3) is 11.8 Å². The summed E-state index contributed by atoms with van der Waals surface area (Å²) in [4.78, 5) is 24.5. The highest BCUT2D eigenvalue weighted by molar-refractivity contribution is 6.30. The molecular weight excluding hydrogens is 368 g/mol.